The second kappa shape index (κ2) is 8.03. The molecule has 0 radical (unpaired) electrons. The molecule has 10 heteroatoms. The monoisotopic (exact) mass is 460 g/mol. The highest BCUT2D eigenvalue weighted by atomic mass is 35.5. The number of sulfonamides is 1. The summed E-state index contributed by atoms with van der Waals surface area (Å²) in [6, 6.07) is 8.42. The van der Waals surface area contributed by atoms with Crippen LogP contribution >= 0.6 is 11.6 Å². The van der Waals surface area contributed by atoms with Crippen molar-refractivity contribution in [3.63, 3.8) is 0 Å². The van der Waals surface area contributed by atoms with Gasteiger partial charge in [-0.3, -0.25) is 4.90 Å². The van der Waals surface area contributed by atoms with Crippen LogP contribution in [0.4, 0.5) is 13.2 Å². The van der Waals surface area contributed by atoms with E-state index in [1.165, 1.54) is 9.87 Å². The zero-order chi connectivity index (χ0) is 21.5. The van der Waals surface area contributed by atoms with Crippen LogP contribution in [0.15, 0.2) is 41.3 Å². The van der Waals surface area contributed by atoms with Crippen LogP contribution in [0.2, 0.25) is 5.02 Å². The summed E-state index contributed by atoms with van der Waals surface area (Å²) in [6.07, 6.45) is -3.76. The van der Waals surface area contributed by atoms with Crippen LogP contribution in [0.3, 0.4) is 0 Å². The van der Waals surface area contributed by atoms with Crippen LogP contribution in [-0.4, -0.2) is 50.4 Å². The van der Waals surface area contributed by atoms with Gasteiger partial charge in [0, 0.05) is 39.1 Å². The largest absolute Gasteiger partial charge is 0.493 e. The molecule has 0 bridgehead atoms. The summed E-state index contributed by atoms with van der Waals surface area (Å²) in [5.41, 5.74) is 1.26. The van der Waals surface area contributed by atoms with Crippen LogP contribution in [0.1, 0.15) is 16.7 Å². The second-order valence-electron chi connectivity index (χ2n) is 7.36. The fraction of sp³-hybridized carbons (Fsp3) is 0.400. The van der Waals surface area contributed by atoms with E-state index in [0.29, 0.717) is 32.3 Å². The van der Waals surface area contributed by atoms with E-state index in [2.05, 4.69) is 11.0 Å². The Labute approximate surface area is 178 Å². The number of piperazine rings is 1. The third-order valence-corrected chi connectivity index (χ3v) is 7.75. The minimum atomic E-state index is -4.64. The van der Waals surface area contributed by atoms with Crippen molar-refractivity contribution < 1.29 is 26.3 Å². The molecule has 2 aromatic carbocycles. The highest BCUT2D eigenvalue weighted by Gasteiger charge is 2.35. The van der Waals surface area contributed by atoms with Crippen molar-refractivity contribution in [3.05, 3.63) is 58.1 Å². The van der Waals surface area contributed by atoms with Crippen LogP contribution in [-0.2, 0) is 29.2 Å². The Kier molecular flexibility index (Phi) is 5.73. The van der Waals surface area contributed by atoms with Crippen molar-refractivity contribution in [1.29, 1.82) is 0 Å². The van der Waals surface area contributed by atoms with Gasteiger partial charge < -0.3 is 4.74 Å². The first kappa shape index (κ1) is 21.4. The van der Waals surface area contributed by atoms with Crippen LogP contribution < -0.4 is 4.74 Å². The second-order valence-corrected chi connectivity index (χ2v) is 9.68. The van der Waals surface area contributed by atoms with E-state index in [1.54, 1.807) is 0 Å². The lowest BCUT2D eigenvalue weighted by Gasteiger charge is -2.34. The number of hydrogen-bond donors (Lipinski definition) is 0. The molecule has 0 spiro atoms. The smallest absolute Gasteiger partial charge is 0.416 e. The lowest BCUT2D eigenvalue weighted by molar-refractivity contribution is -0.137. The first-order valence-electron chi connectivity index (χ1n) is 9.48. The van der Waals surface area contributed by atoms with E-state index in [4.69, 9.17) is 16.3 Å². The van der Waals surface area contributed by atoms with Crippen LogP contribution in [0, 0.1) is 0 Å². The molecule has 1 saturated heterocycles. The predicted octanol–water partition coefficient (Wildman–Crippen LogP) is 3.80. The molecule has 0 saturated carbocycles. The van der Waals surface area contributed by atoms with E-state index in [9.17, 15) is 21.6 Å². The zero-order valence-electron chi connectivity index (χ0n) is 16.0. The number of benzene rings is 2. The van der Waals surface area contributed by atoms with Gasteiger partial charge in [0.2, 0.25) is 10.0 Å². The fourth-order valence-corrected chi connectivity index (χ4v) is 5.66. The number of nitrogens with zero attached hydrogens (tertiary/aromatic N) is 2. The van der Waals surface area contributed by atoms with E-state index in [0.717, 1.165) is 29.9 Å². The molecule has 0 unspecified atom stereocenters. The number of fused-ring (bicyclic) bond motifs is 1. The molecular weight excluding hydrogens is 441 g/mol. The van der Waals surface area contributed by atoms with Crippen molar-refractivity contribution >= 4 is 21.6 Å². The molecule has 2 aromatic rings. The molecule has 2 heterocycles. The van der Waals surface area contributed by atoms with E-state index in [-0.39, 0.29) is 18.1 Å². The topological polar surface area (TPSA) is 49.9 Å². The summed E-state index contributed by atoms with van der Waals surface area (Å²) < 4.78 is 71.6. The van der Waals surface area contributed by atoms with E-state index < -0.39 is 26.7 Å². The summed E-state index contributed by atoms with van der Waals surface area (Å²) in [5.74, 6) is 0.910. The van der Waals surface area contributed by atoms with Crippen molar-refractivity contribution in [2.24, 2.45) is 0 Å². The summed E-state index contributed by atoms with van der Waals surface area (Å²) in [7, 11) is -4.12. The Morgan fingerprint density at radius 1 is 1.03 bits per heavy atom. The standard InChI is InChI=1S/C20H20ClF3N2O3S/c21-17-3-2-16(20(22,23)24)12-19(17)30(27,28)26-8-6-25(7-9-26)13-14-1-4-18-15(11-14)5-10-29-18/h1-4,11-12H,5-10,13H2. The number of alkyl halides is 3. The van der Waals surface area contributed by atoms with Gasteiger partial charge in [0.15, 0.2) is 0 Å². The Morgan fingerprint density at radius 2 is 1.77 bits per heavy atom. The number of rotatable bonds is 4. The average molecular weight is 461 g/mol. The number of hydrogen-bond acceptors (Lipinski definition) is 4. The Bertz CT molecular complexity index is 1050. The van der Waals surface area contributed by atoms with Gasteiger partial charge in [0.25, 0.3) is 0 Å². The molecule has 0 atom stereocenters. The van der Waals surface area contributed by atoms with Gasteiger partial charge >= 0.3 is 6.18 Å². The normalized spacial score (nSPS) is 18.3. The van der Waals surface area contributed by atoms with E-state index >= 15 is 0 Å². The molecule has 0 N–H and O–H groups in total. The minimum Gasteiger partial charge on any atom is -0.493 e. The molecule has 5 nitrogen and oxygen atoms in total. The zero-order valence-corrected chi connectivity index (χ0v) is 17.5. The van der Waals surface area contributed by atoms with Gasteiger partial charge in [-0.05, 0) is 35.4 Å². The molecule has 0 amide bonds. The Morgan fingerprint density at radius 3 is 2.47 bits per heavy atom. The maximum Gasteiger partial charge on any atom is 0.416 e. The van der Waals surface area contributed by atoms with Crippen molar-refractivity contribution in [3.8, 4) is 5.75 Å². The molecular formula is C20H20ClF3N2O3S. The number of ether oxygens (including phenoxy) is 1. The van der Waals surface area contributed by atoms with Crippen molar-refractivity contribution in [2.75, 3.05) is 32.8 Å². The van der Waals surface area contributed by atoms with Gasteiger partial charge in [-0.1, -0.05) is 23.7 Å². The van der Waals surface area contributed by atoms with Gasteiger partial charge in [-0.25, -0.2) is 8.42 Å². The first-order chi connectivity index (χ1) is 14.1. The SMILES string of the molecule is O=S(=O)(c1cc(C(F)(F)F)ccc1Cl)N1CCN(Cc2ccc3c(c2)CCO3)CC1. The minimum absolute atomic E-state index is 0.183. The van der Waals surface area contributed by atoms with Crippen molar-refractivity contribution in [1.82, 2.24) is 9.21 Å². The maximum atomic E-state index is 13.0. The summed E-state index contributed by atoms with van der Waals surface area (Å²) in [5, 5.41) is -0.217. The highest BCUT2D eigenvalue weighted by Crippen LogP contribution is 2.34. The molecule has 2 aliphatic rings. The summed E-state index contributed by atoms with van der Waals surface area (Å²) in [4.78, 5) is 1.61. The predicted molar refractivity (Wildman–Crippen MR) is 106 cm³/mol. The Hall–Kier alpha value is -1.81. The number of halogens is 4. The van der Waals surface area contributed by atoms with Crippen molar-refractivity contribution in [2.45, 2.75) is 24.0 Å². The van der Waals surface area contributed by atoms with E-state index in [1.807, 2.05) is 12.1 Å². The third-order valence-electron chi connectivity index (χ3n) is 5.37. The molecule has 2 aliphatic heterocycles. The molecule has 30 heavy (non-hydrogen) atoms. The average Bonchev–Trinajstić information content (AvgIpc) is 3.15. The Balaban J connectivity index is 1.44. The summed E-state index contributed by atoms with van der Waals surface area (Å²) >= 11 is 5.94. The summed E-state index contributed by atoms with van der Waals surface area (Å²) in [6.45, 7) is 2.68. The quantitative estimate of drug-likeness (QED) is 0.696. The third kappa shape index (κ3) is 4.30. The van der Waals surface area contributed by atoms with Gasteiger partial charge in [0.1, 0.15) is 10.6 Å². The van der Waals surface area contributed by atoms with Gasteiger partial charge in [0.05, 0.1) is 17.2 Å². The molecule has 0 aliphatic carbocycles. The van der Waals surface area contributed by atoms with Crippen LogP contribution in [0.25, 0.3) is 0 Å². The highest BCUT2D eigenvalue weighted by molar-refractivity contribution is 7.89. The maximum absolute atomic E-state index is 13.0. The van der Waals surface area contributed by atoms with Gasteiger partial charge in [-0.2, -0.15) is 17.5 Å². The molecule has 1 fully saturated rings. The first-order valence-corrected chi connectivity index (χ1v) is 11.3. The lowest BCUT2D eigenvalue weighted by Crippen LogP contribution is -2.48. The van der Waals surface area contributed by atoms with Crippen LogP contribution in [0.5, 0.6) is 5.75 Å². The molecule has 162 valence electrons. The fourth-order valence-electron chi connectivity index (χ4n) is 3.74. The van der Waals surface area contributed by atoms with Gasteiger partial charge in [-0.15, -0.1) is 0 Å². The lowest BCUT2D eigenvalue weighted by atomic mass is 10.1. The molecule has 0 aromatic heterocycles. The molecule has 4 rings (SSSR count).